The minimum absolute atomic E-state index is 0.107. The third-order valence-corrected chi connectivity index (χ3v) is 5.79. The lowest BCUT2D eigenvalue weighted by molar-refractivity contribution is -0.137. The summed E-state index contributed by atoms with van der Waals surface area (Å²) in [6, 6.07) is 4.94. The van der Waals surface area contributed by atoms with E-state index in [4.69, 9.17) is 14.6 Å². The van der Waals surface area contributed by atoms with Gasteiger partial charge in [-0.05, 0) is 49.3 Å². The molecule has 1 atom stereocenters. The molecule has 1 saturated heterocycles. The molecule has 2 aliphatic rings. The van der Waals surface area contributed by atoms with Gasteiger partial charge < -0.3 is 14.5 Å². The number of hydrogen-bond acceptors (Lipinski definition) is 5. The molecule has 0 bridgehead atoms. The molecule has 0 aromatic heterocycles. The summed E-state index contributed by atoms with van der Waals surface area (Å²) in [6.07, 6.45) is 4.63. The van der Waals surface area contributed by atoms with Gasteiger partial charge in [0.2, 0.25) is 0 Å². The summed E-state index contributed by atoms with van der Waals surface area (Å²) in [5, 5.41) is 4.27. The smallest absolute Gasteiger partial charge is 0.391 e. The minimum atomic E-state index is -4.34. The molecule has 32 heavy (non-hydrogen) atoms. The Kier molecular flexibility index (Phi) is 8.73. The molecule has 0 spiro atoms. The van der Waals surface area contributed by atoms with E-state index in [0.717, 1.165) is 68.9 Å². The zero-order valence-corrected chi connectivity index (χ0v) is 18.8. The molecule has 1 unspecified atom stereocenters. The Hall–Kier alpha value is -2.35. The summed E-state index contributed by atoms with van der Waals surface area (Å²) in [6.45, 7) is 6.84. The Morgan fingerprint density at radius 1 is 1.19 bits per heavy atom. The molecule has 8 heteroatoms. The fourth-order valence-corrected chi connectivity index (χ4v) is 3.90. The number of ether oxygens (including phenoxy) is 1. The van der Waals surface area contributed by atoms with Crippen LogP contribution in [0, 0.1) is 5.92 Å². The van der Waals surface area contributed by atoms with Crippen LogP contribution in [0.3, 0.4) is 0 Å². The first-order valence-electron chi connectivity index (χ1n) is 11.3. The Bertz CT molecular complexity index is 813. The molecule has 1 fully saturated rings. The van der Waals surface area contributed by atoms with E-state index < -0.39 is 11.7 Å². The molecular formula is C24H32F3N3O2. The number of oxime groups is 1. The summed E-state index contributed by atoms with van der Waals surface area (Å²) < 4.78 is 43.6. The molecule has 5 nitrogen and oxygen atoms in total. The highest BCUT2D eigenvalue weighted by Gasteiger charge is 2.30. The minimum Gasteiger partial charge on any atom is -0.391 e. The van der Waals surface area contributed by atoms with Gasteiger partial charge in [0, 0.05) is 37.7 Å². The van der Waals surface area contributed by atoms with E-state index in [1.165, 1.54) is 12.1 Å². The number of allylic oxidation sites excluding steroid dienone is 1. The molecule has 176 valence electrons. The van der Waals surface area contributed by atoms with Gasteiger partial charge in [-0.3, -0.25) is 4.99 Å². The van der Waals surface area contributed by atoms with Crippen molar-refractivity contribution in [1.29, 1.82) is 0 Å². The monoisotopic (exact) mass is 451 g/mol. The van der Waals surface area contributed by atoms with Crippen molar-refractivity contribution >= 4 is 11.9 Å². The summed E-state index contributed by atoms with van der Waals surface area (Å²) in [5.74, 6) is 0.590. The second-order valence-electron chi connectivity index (χ2n) is 8.24. The van der Waals surface area contributed by atoms with Crippen molar-refractivity contribution in [3.8, 4) is 0 Å². The number of halogens is 3. The predicted molar refractivity (Wildman–Crippen MR) is 119 cm³/mol. The lowest BCUT2D eigenvalue weighted by atomic mass is 9.98. The first kappa shape index (κ1) is 24.3. The average Bonchev–Trinajstić information content (AvgIpc) is 2.78. The Balaban J connectivity index is 1.65. The zero-order valence-electron chi connectivity index (χ0n) is 18.8. The van der Waals surface area contributed by atoms with E-state index in [9.17, 15) is 13.2 Å². The first-order valence-corrected chi connectivity index (χ1v) is 11.3. The van der Waals surface area contributed by atoms with Gasteiger partial charge in [0.25, 0.3) is 0 Å². The van der Waals surface area contributed by atoms with Crippen molar-refractivity contribution in [2.75, 3.05) is 19.8 Å². The molecule has 0 N–H and O–H groups in total. The molecule has 0 amide bonds. The fraction of sp³-hybridized carbons (Fsp3) is 0.583. The van der Waals surface area contributed by atoms with Crippen molar-refractivity contribution in [1.82, 2.24) is 4.90 Å². The summed E-state index contributed by atoms with van der Waals surface area (Å²) >= 11 is 0. The Morgan fingerprint density at radius 3 is 2.53 bits per heavy atom. The number of rotatable bonds is 9. The maximum absolute atomic E-state index is 12.7. The zero-order chi connectivity index (χ0) is 23.0. The van der Waals surface area contributed by atoms with Gasteiger partial charge in [-0.15, -0.1) is 0 Å². The maximum atomic E-state index is 12.7. The molecule has 2 heterocycles. The molecule has 2 aliphatic heterocycles. The number of nitrogens with zero attached hydrogens (tertiary/aromatic N) is 3. The standard InChI is InChI=1S/C24H32F3N3O2/c1-3-5-23-28-14-20(16-30(23)15-18-10-12-31-13-11-18)22(4-2)29-32-17-19-6-8-21(9-7-19)24(25,26)27/h6-9,14,16,18,23H,3-5,10-13,15,17H2,1-2H3. The lowest BCUT2D eigenvalue weighted by Gasteiger charge is -2.35. The van der Waals surface area contributed by atoms with E-state index >= 15 is 0 Å². The van der Waals surface area contributed by atoms with Gasteiger partial charge >= 0.3 is 6.18 Å². The molecule has 0 aliphatic carbocycles. The molecule has 1 aromatic carbocycles. The summed E-state index contributed by atoms with van der Waals surface area (Å²) in [7, 11) is 0. The van der Waals surface area contributed by atoms with Crippen LogP contribution in [-0.4, -0.2) is 42.8 Å². The molecule has 3 rings (SSSR count). The van der Waals surface area contributed by atoms with Crippen LogP contribution >= 0.6 is 0 Å². The third-order valence-electron chi connectivity index (χ3n) is 5.79. The van der Waals surface area contributed by atoms with Gasteiger partial charge in [0.1, 0.15) is 12.8 Å². The van der Waals surface area contributed by atoms with Crippen LogP contribution in [0.2, 0.25) is 0 Å². The second-order valence-corrected chi connectivity index (χ2v) is 8.24. The average molecular weight is 452 g/mol. The Morgan fingerprint density at radius 2 is 1.91 bits per heavy atom. The van der Waals surface area contributed by atoms with Crippen LogP contribution in [-0.2, 0) is 22.4 Å². The highest BCUT2D eigenvalue weighted by atomic mass is 19.4. The van der Waals surface area contributed by atoms with Crippen LogP contribution in [0.4, 0.5) is 13.2 Å². The first-order chi connectivity index (χ1) is 15.4. The normalized spacial score (nSPS) is 20.4. The fourth-order valence-electron chi connectivity index (χ4n) is 3.90. The van der Waals surface area contributed by atoms with E-state index in [2.05, 4.69) is 23.2 Å². The SMILES string of the molecule is CCCC1N=CC(C(CC)=NOCc2ccc(C(F)(F)F)cc2)=CN1CC1CCOCC1. The molecule has 0 saturated carbocycles. The predicted octanol–water partition coefficient (Wildman–Crippen LogP) is 5.81. The van der Waals surface area contributed by atoms with E-state index in [0.29, 0.717) is 17.9 Å². The van der Waals surface area contributed by atoms with Crippen LogP contribution in [0.5, 0.6) is 0 Å². The van der Waals surface area contributed by atoms with Gasteiger partial charge in [-0.2, -0.15) is 13.2 Å². The van der Waals surface area contributed by atoms with E-state index in [1.54, 1.807) is 0 Å². The van der Waals surface area contributed by atoms with Crippen molar-refractivity contribution in [2.45, 2.75) is 64.9 Å². The van der Waals surface area contributed by atoms with Crippen LogP contribution in [0.25, 0.3) is 0 Å². The van der Waals surface area contributed by atoms with Crippen molar-refractivity contribution in [3.63, 3.8) is 0 Å². The number of aliphatic imine (C=N–C) groups is 1. The third kappa shape index (κ3) is 6.82. The van der Waals surface area contributed by atoms with Crippen LogP contribution in [0.1, 0.15) is 57.1 Å². The summed E-state index contributed by atoms with van der Waals surface area (Å²) in [4.78, 5) is 12.6. The van der Waals surface area contributed by atoms with Crippen LogP contribution in [0.15, 0.2) is 46.2 Å². The van der Waals surface area contributed by atoms with Gasteiger partial charge in [0.05, 0.1) is 11.3 Å². The van der Waals surface area contributed by atoms with E-state index in [-0.39, 0.29) is 12.8 Å². The topological polar surface area (TPSA) is 46.4 Å². The highest BCUT2D eigenvalue weighted by molar-refractivity contribution is 6.16. The number of benzene rings is 1. The maximum Gasteiger partial charge on any atom is 0.416 e. The lowest BCUT2D eigenvalue weighted by Crippen LogP contribution is -2.38. The largest absolute Gasteiger partial charge is 0.416 e. The Labute approximate surface area is 188 Å². The summed E-state index contributed by atoms with van der Waals surface area (Å²) in [5.41, 5.74) is 1.65. The van der Waals surface area contributed by atoms with Gasteiger partial charge in [0.15, 0.2) is 0 Å². The number of hydrogen-bond donors (Lipinski definition) is 0. The van der Waals surface area contributed by atoms with Crippen LogP contribution < -0.4 is 0 Å². The van der Waals surface area contributed by atoms with Crippen molar-refractivity contribution < 1.29 is 22.7 Å². The quantitative estimate of drug-likeness (QED) is 0.352. The number of alkyl halides is 3. The van der Waals surface area contributed by atoms with Crippen molar-refractivity contribution in [3.05, 3.63) is 47.2 Å². The second kappa shape index (κ2) is 11.5. The van der Waals surface area contributed by atoms with Gasteiger partial charge in [-0.1, -0.05) is 37.6 Å². The highest BCUT2D eigenvalue weighted by Crippen LogP contribution is 2.29. The molecule has 1 aromatic rings. The van der Waals surface area contributed by atoms with E-state index in [1.807, 2.05) is 13.1 Å². The van der Waals surface area contributed by atoms with Gasteiger partial charge in [-0.25, -0.2) is 0 Å². The molecular weight excluding hydrogens is 419 g/mol. The van der Waals surface area contributed by atoms with Crippen molar-refractivity contribution in [2.24, 2.45) is 16.1 Å². The molecule has 0 radical (unpaired) electrons.